The number of hydrogen-bond donors (Lipinski definition) is 1. The van der Waals surface area contributed by atoms with Crippen LogP contribution >= 0.6 is 15.9 Å². The SMILES string of the molecule is CCCC(Br)CNC(=O)c1cnn2ccccc12. The zero-order valence-corrected chi connectivity index (χ0v) is 11.9. The van der Waals surface area contributed by atoms with Crippen LogP contribution < -0.4 is 5.32 Å². The molecule has 1 unspecified atom stereocenters. The van der Waals surface area contributed by atoms with Gasteiger partial charge in [0.25, 0.3) is 5.91 Å². The first kappa shape index (κ1) is 13.1. The average Bonchev–Trinajstić information content (AvgIpc) is 2.80. The van der Waals surface area contributed by atoms with Crippen molar-refractivity contribution in [2.75, 3.05) is 6.54 Å². The number of carbonyl (C=O) groups is 1. The van der Waals surface area contributed by atoms with Crippen LogP contribution in [0.2, 0.25) is 0 Å². The fraction of sp³-hybridized carbons (Fsp3) is 0.385. The van der Waals surface area contributed by atoms with Gasteiger partial charge in [0.1, 0.15) is 0 Å². The van der Waals surface area contributed by atoms with Crippen molar-refractivity contribution in [1.29, 1.82) is 0 Å². The van der Waals surface area contributed by atoms with Crippen LogP contribution in [-0.4, -0.2) is 26.9 Å². The molecule has 0 saturated carbocycles. The van der Waals surface area contributed by atoms with Gasteiger partial charge in [-0.25, -0.2) is 4.52 Å². The third-order valence-corrected chi connectivity index (χ3v) is 3.54. The molecule has 1 amide bonds. The molecule has 0 aliphatic heterocycles. The molecule has 2 aromatic heterocycles. The van der Waals surface area contributed by atoms with Gasteiger partial charge < -0.3 is 5.32 Å². The van der Waals surface area contributed by atoms with Gasteiger partial charge in [0.15, 0.2) is 0 Å². The maximum absolute atomic E-state index is 12.0. The summed E-state index contributed by atoms with van der Waals surface area (Å²) in [5.41, 5.74) is 1.45. The molecular formula is C13H16BrN3O. The normalized spacial score (nSPS) is 12.6. The van der Waals surface area contributed by atoms with Gasteiger partial charge >= 0.3 is 0 Å². The quantitative estimate of drug-likeness (QED) is 0.863. The zero-order chi connectivity index (χ0) is 13.0. The number of amides is 1. The van der Waals surface area contributed by atoms with Crippen molar-refractivity contribution in [3.05, 3.63) is 36.2 Å². The molecular weight excluding hydrogens is 294 g/mol. The summed E-state index contributed by atoms with van der Waals surface area (Å²) >= 11 is 3.54. The number of halogens is 1. The number of nitrogens with one attached hydrogen (secondary N) is 1. The minimum Gasteiger partial charge on any atom is -0.351 e. The Balaban J connectivity index is 2.05. The number of pyridine rings is 1. The van der Waals surface area contributed by atoms with E-state index in [1.807, 2.05) is 24.4 Å². The van der Waals surface area contributed by atoms with Crippen molar-refractivity contribution in [3.8, 4) is 0 Å². The van der Waals surface area contributed by atoms with Gasteiger partial charge in [0.05, 0.1) is 17.3 Å². The topological polar surface area (TPSA) is 46.4 Å². The fourth-order valence-electron chi connectivity index (χ4n) is 1.82. The van der Waals surface area contributed by atoms with E-state index in [1.54, 1.807) is 10.7 Å². The Hall–Kier alpha value is -1.36. The first-order chi connectivity index (χ1) is 8.72. The lowest BCUT2D eigenvalue weighted by Crippen LogP contribution is -2.29. The second kappa shape index (κ2) is 6.00. The predicted molar refractivity (Wildman–Crippen MR) is 75.1 cm³/mol. The Bertz CT molecular complexity index is 538. The van der Waals surface area contributed by atoms with Crippen LogP contribution in [0.25, 0.3) is 5.52 Å². The van der Waals surface area contributed by atoms with Crippen molar-refractivity contribution in [1.82, 2.24) is 14.9 Å². The summed E-state index contributed by atoms with van der Waals surface area (Å²) in [5.74, 6) is -0.0725. The number of fused-ring (bicyclic) bond motifs is 1. The molecule has 0 spiro atoms. The van der Waals surface area contributed by atoms with Crippen LogP contribution in [0.1, 0.15) is 30.1 Å². The lowest BCUT2D eigenvalue weighted by atomic mass is 10.2. The van der Waals surface area contributed by atoms with E-state index in [2.05, 4.69) is 33.3 Å². The summed E-state index contributed by atoms with van der Waals surface area (Å²) in [6.45, 7) is 2.76. The van der Waals surface area contributed by atoms with E-state index in [0.29, 0.717) is 16.9 Å². The second-order valence-corrected chi connectivity index (χ2v) is 5.48. The van der Waals surface area contributed by atoms with Gasteiger partial charge in [-0.3, -0.25) is 4.79 Å². The molecule has 4 nitrogen and oxygen atoms in total. The highest BCUT2D eigenvalue weighted by Crippen LogP contribution is 2.11. The summed E-state index contributed by atoms with van der Waals surface area (Å²) in [5, 5.41) is 7.07. The van der Waals surface area contributed by atoms with Gasteiger partial charge in [0.2, 0.25) is 0 Å². The van der Waals surface area contributed by atoms with Crippen LogP contribution in [-0.2, 0) is 0 Å². The molecule has 0 aliphatic rings. The zero-order valence-electron chi connectivity index (χ0n) is 10.3. The molecule has 5 heteroatoms. The highest BCUT2D eigenvalue weighted by Gasteiger charge is 2.13. The monoisotopic (exact) mass is 309 g/mol. The summed E-state index contributed by atoms with van der Waals surface area (Å²) in [6.07, 6.45) is 5.59. The standard InChI is InChI=1S/C13H16BrN3O/c1-2-5-10(14)8-15-13(18)11-9-16-17-7-4-3-6-12(11)17/h3-4,6-7,9-10H,2,5,8H2,1H3,(H,15,18). The van der Waals surface area contributed by atoms with Gasteiger partial charge in [-0.1, -0.05) is 35.3 Å². The third-order valence-electron chi connectivity index (χ3n) is 2.76. The smallest absolute Gasteiger partial charge is 0.255 e. The molecule has 2 rings (SSSR count). The predicted octanol–water partition coefficient (Wildman–Crippen LogP) is 2.63. The summed E-state index contributed by atoms with van der Waals surface area (Å²) in [4.78, 5) is 12.4. The van der Waals surface area contributed by atoms with Crippen molar-refractivity contribution < 1.29 is 4.79 Å². The van der Waals surface area contributed by atoms with Crippen LogP contribution in [0, 0.1) is 0 Å². The van der Waals surface area contributed by atoms with Gasteiger partial charge in [0, 0.05) is 17.6 Å². The molecule has 18 heavy (non-hydrogen) atoms. The van der Waals surface area contributed by atoms with E-state index in [4.69, 9.17) is 0 Å². The lowest BCUT2D eigenvalue weighted by Gasteiger charge is -2.09. The molecule has 2 heterocycles. The van der Waals surface area contributed by atoms with Crippen LogP contribution in [0.4, 0.5) is 0 Å². The maximum Gasteiger partial charge on any atom is 0.255 e. The van der Waals surface area contributed by atoms with E-state index in [1.165, 1.54) is 0 Å². The molecule has 0 bridgehead atoms. The molecule has 0 fully saturated rings. The average molecular weight is 310 g/mol. The fourth-order valence-corrected chi connectivity index (χ4v) is 2.44. The summed E-state index contributed by atoms with van der Waals surface area (Å²) < 4.78 is 1.70. The van der Waals surface area contributed by atoms with Crippen molar-refractivity contribution in [3.63, 3.8) is 0 Å². The molecule has 96 valence electrons. The molecule has 0 aliphatic carbocycles. The Morgan fingerprint density at radius 2 is 2.39 bits per heavy atom. The van der Waals surface area contributed by atoms with E-state index in [0.717, 1.165) is 18.4 Å². The number of hydrogen-bond acceptors (Lipinski definition) is 2. The Kier molecular flexibility index (Phi) is 4.36. The molecule has 0 radical (unpaired) electrons. The first-order valence-electron chi connectivity index (χ1n) is 6.07. The molecule has 1 atom stereocenters. The van der Waals surface area contributed by atoms with E-state index in [-0.39, 0.29) is 5.91 Å². The van der Waals surface area contributed by atoms with Crippen molar-refractivity contribution in [2.24, 2.45) is 0 Å². The number of rotatable bonds is 5. The van der Waals surface area contributed by atoms with Crippen LogP contribution in [0.5, 0.6) is 0 Å². The van der Waals surface area contributed by atoms with Gasteiger partial charge in [-0.2, -0.15) is 5.10 Å². The first-order valence-corrected chi connectivity index (χ1v) is 6.98. The number of nitrogens with zero attached hydrogens (tertiary/aromatic N) is 2. The number of aromatic nitrogens is 2. The molecule has 1 N–H and O–H groups in total. The highest BCUT2D eigenvalue weighted by atomic mass is 79.9. The third kappa shape index (κ3) is 2.90. The van der Waals surface area contributed by atoms with E-state index in [9.17, 15) is 4.79 Å². The Morgan fingerprint density at radius 1 is 1.56 bits per heavy atom. The molecule has 0 saturated heterocycles. The Labute approximate surface area is 115 Å². The van der Waals surface area contributed by atoms with E-state index < -0.39 is 0 Å². The molecule has 2 aromatic rings. The van der Waals surface area contributed by atoms with Crippen LogP contribution in [0.15, 0.2) is 30.6 Å². The summed E-state index contributed by atoms with van der Waals surface area (Å²) in [7, 11) is 0. The number of alkyl halides is 1. The van der Waals surface area contributed by atoms with Crippen LogP contribution in [0.3, 0.4) is 0 Å². The minimum atomic E-state index is -0.0725. The van der Waals surface area contributed by atoms with Crippen molar-refractivity contribution >= 4 is 27.4 Å². The number of carbonyl (C=O) groups excluding carboxylic acids is 1. The van der Waals surface area contributed by atoms with Gasteiger partial charge in [-0.15, -0.1) is 0 Å². The van der Waals surface area contributed by atoms with Crippen molar-refractivity contribution in [2.45, 2.75) is 24.6 Å². The molecule has 0 aromatic carbocycles. The second-order valence-electron chi connectivity index (χ2n) is 4.18. The Morgan fingerprint density at radius 3 is 3.17 bits per heavy atom. The lowest BCUT2D eigenvalue weighted by molar-refractivity contribution is 0.0955. The minimum absolute atomic E-state index is 0.0725. The highest BCUT2D eigenvalue weighted by molar-refractivity contribution is 9.09. The maximum atomic E-state index is 12.0. The van der Waals surface area contributed by atoms with Gasteiger partial charge in [-0.05, 0) is 18.6 Å². The summed E-state index contributed by atoms with van der Waals surface area (Å²) in [6, 6.07) is 5.68. The largest absolute Gasteiger partial charge is 0.351 e. The van der Waals surface area contributed by atoms with E-state index >= 15 is 0 Å².